The van der Waals surface area contributed by atoms with Gasteiger partial charge >= 0.3 is 0 Å². The molecule has 0 saturated carbocycles. The Kier molecular flexibility index (Phi) is 4.59. The highest BCUT2D eigenvalue weighted by atomic mass is 32.2. The largest absolute Gasteiger partial charge is 0.309 e. The maximum absolute atomic E-state index is 4.33. The van der Waals surface area contributed by atoms with Crippen molar-refractivity contribution in [2.24, 2.45) is 7.05 Å². The molecule has 2 aromatic carbocycles. The molecular weight excluding hydrogens is 290 g/mol. The third kappa shape index (κ3) is 3.57. The van der Waals surface area contributed by atoms with E-state index in [4.69, 9.17) is 0 Å². The first-order valence-electron chi connectivity index (χ1n) is 7.33. The van der Waals surface area contributed by atoms with E-state index < -0.39 is 0 Å². The van der Waals surface area contributed by atoms with Crippen molar-refractivity contribution >= 4 is 11.8 Å². The summed E-state index contributed by atoms with van der Waals surface area (Å²) in [7, 11) is 2.04. The average molecular weight is 309 g/mol. The fourth-order valence-electron chi connectivity index (χ4n) is 2.35. The van der Waals surface area contributed by atoms with Crippen LogP contribution in [0.5, 0.6) is 0 Å². The van der Waals surface area contributed by atoms with Crippen LogP contribution in [0.3, 0.4) is 0 Å². The standard InChI is InChI=1S/C18H19N3S/c1-14-7-6-10-16(11-14)13-22-18-20-19-17(21(18)2)12-15-8-4-3-5-9-15/h3-11H,12-13H2,1-2H3. The van der Waals surface area contributed by atoms with Crippen LogP contribution in [0.2, 0.25) is 0 Å². The molecule has 0 unspecified atom stereocenters. The van der Waals surface area contributed by atoms with Crippen LogP contribution in [0.25, 0.3) is 0 Å². The molecule has 22 heavy (non-hydrogen) atoms. The van der Waals surface area contributed by atoms with Crippen LogP contribution in [0.15, 0.2) is 59.8 Å². The van der Waals surface area contributed by atoms with Gasteiger partial charge in [0.2, 0.25) is 0 Å². The van der Waals surface area contributed by atoms with E-state index in [0.717, 1.165) is 23.2 Å². The number of rotatable bonds is 5. The van der Waals surface area contributed by atoms with Gasteiger partial charge in [0.25, 0.3) is 0 Å². The molecule has 0 amide bonds. The number of aryl methyl sites for hydroxylation is 1. The molecule has 0 atom stereocenters. The van der Waals surface area contributed by atoms with E-state index in [1.165, 1.54) is 16.7 Å². The molecule has 112 valence electrons. The van der Waals surface area contributed by atoms with Gasteiger partial charge in [-0.3, -0.25) is 0 Å². The van der Waals surface area contributed by atoms with Crippen molar-refractivity contribution in [3.63, 3.8) is 0 Å². The van der Waals surface area contributed by atoms with Gasteiger partial charge in [-0.2, -0.15) is 0 Å². The first-order chi connectivity index (χ1) is 10.7. The van der Waals surface area contributed by atoms with Gasteiger partial charge in [0.1, 0.15) is 5.82 Å². The highest BCUT2D eigenvalue weighted by Gasteiger charge is 2.10. The predicted molar refractivity (Wildman–Crippen MR) is 91.0 cm³/mol. The van der Waals surface area contributed by atoms with Crippen LogP contribution in [-0.4, -0.2) is 14.8 Å². The lowest BCUT2D eigenvalue weighted by atomic mass is 10.1. The fourth-order valence-corrected chi connectivity index (χ4v) is 3.23. The van der Waals surface area contributed by atoms with Gasteiger partial charge in [0.05, 0.1) is 0 Å². The second-order valence-electron chi connectivity index (χ2n) is 5.40. The summed E-state index contributed by atoms with van der Waals surface area (Å²) in [6.45, 7) is 2.12. The first-order valence-corrected chi connectivity index (χ1v) is 8.31. The number of benzene rings is 2. The highest BCUT2D eigenvalue weighted by Crippen LogP contribution is 2.22. The summed E-state index contributed by atoms with van der Waals surface area (Å²) in [5, 5.41) is 9.62. The third-order valence-corrected chi connectivity index (χ3v) is 4.67. The van der Waals surface area contributed by atoms with Gasteiger partial charge in [-0.1, -0.05) is 71.9 Å². The van der Waals surface area contributed by atoms with E-state index in [1.54, 1.807) is 11.8 Å². The minimum Gasteiger partial charge on any atom is -0.309 e. The Hall–Kier alpha value is -2.07. The third-order valence-electron chi connectivity index (χ3n) is 3.58. The number of thioether (sulfide) groups is 1. The highest BCUT2D eigenvalue weighted by molar-refractivity contribution is 7.98. The molecule has 0 N–H and O–H groups in total. The van der Waals surface area contributed by atoms with Crippen LogP contribution >= 0.6 is 11.8 Å². The van der Waals surface area contributed by atoms with Gasteiger partial charge in [-0.05, 0) is 18.1 Å². The molecule has 0 saturated heterocycles. The molecule has 1 aromatic heterocycles. The Morgan fingerprint density at radius 2 is 1.73 bits per heavy atom. The second-order valence-corrected chi connectivity index (χ2v) is 6.34. The summed E-state index contributed by atoms with van der Waals surface area (Å²) in [5.74, 6) is 1.91. The van der Waals surface area contributed by atoms with Gasteiger partial charge in [-0.15, -0.1) is 10.2 Å². The molecule has 0 bridgehead atoms. The Morgan fingerprint density at radius 3 is 2.50 bits per heavy atom. The van der Waals surface area contributed by atoms with Gasteiger partial charge in [0, 0.05) is 19.2 Å². The minimum absolute atomic E-state index is 0.815. The zero-order valence-electron chi connectivity index (χ0n) is 12.9. The quantitative estimate of drug-likeness (QED) is 0.667. The molecule has 0 radical (unpaired) electrons. The molecule has 0 aliphatic heterocycles. The van der Waals surface area contributed by atoms with Crippen molar-refractivity contribution in [3.8, 4) is 0 Å². The molecule has 0 fully saturated rings. The molecule has 0 spiro atoms. The van der Waals surface area contributed by atoms with Gasteiger partial charge in [-0.25, -0.2) is 0 Å². The molecule has 4 heteroatoms. The van der Waals surface area contributed by atoms with E-state index >= 15 is 0 Å². The Bertz CT molecular complexity index is 750. The van der Waals surface area contributed by atoms with Crippen LogP contribution in [0.4, 0.5) is 0 Å². The predicted octanol–water partition coefficient (Wildman–Crippen LogP) is 4.01. The molecule has 0 aliphatic rings. The monoisotopic (exact) mass is 309 g/mol. The zero-order valence-corrected chi connectivity index (χ0v) is 13.7. The molecular formula is C18H19N3S. The van der Waals surface area contributed by atoms with Crippen molar-refractivity contribution in [1.29, 1.82) is 0 Å². The van der Waals surface area contributed by atoms with Gasteiger partial charge < -0.3 is 4.57 Å². The van der Waals surface area contributed by atoms with Crippen LogP contribution < -0.4 is 0 Å². The maximum Gasteiger partial charge on any atom is 0.191 e. The first kappa shape index (κ1) is 14.9. The molecule has 1 heterocycles. The molecule has 3 nitrogen and oxygen atoms in total. The summed E-state index contributed by atoms with van der Waals surface area (Å²) < 4.78 is 2.09. The Balaban J connectivity index is 1.68. The van der Waals surface area contributed by atoms with Crippen LogP contribution in [0, 0.1) is 6.92 Å². The number of hydrogen-bond donors (Lipinski definition) is 0. The van der Waals surface area contributed by atoms with Crippen LogP contribution in [0.1, 0.15) is 22.5 Å². The van der Waals surface area contributed by atoms with Crippen molar-refractivity contribution in [3.05, 3.63) is 77.1 Å². The van der Waals surface area contributed by atoms with Crippen molar-refractivity contribution in [2.45, 2.75) is 24.3 Å². The smallest absolute Gasteiger partial charge is 0.191 e. The van der Waals surface area contributed by atoms with Crippen molar-refractivity contribution in [1.82, 2.24) is 14.8 Å². The Morgan fingerprint density at radius 1 is 0.955 bits per heavy atom. The zero-order chi connectivity index (χ0) is 15.4. The molecule has 3 rings (SSSR count). The van der Waals surface area contributed by atoms with Crippen molar-refractivity contribution < 1.29 is 0 Å². The minimum atomic E-state index is 0.815. The summed E-state index contributed by atoms with van der Waals surface area (Å²) in [6.07, 6.45) is 0.815. The number of aromatic nitrogens is 3. The summed E-state index contributed by atoms with van der Waals surface area (Å²) >= 11 is 1.73. The topological polar surface area (TPSA) is 30.7 Å². The van der Waals surface area contributed by atoms with Crippen molar-refractivity contribution in [2.75, 3.05) is 0 Å². The van der Waals surface area contributed by atoms with Crippen LogP contribution in [-0.2, 0) is 19.2 Å². The van der Waals surface area contributed by atoms with E-state index in [9.17, 15) is 0 Å². The number of nitrogens with zero attached hydrogens (tertiary/aromatic N) is 3. The van der Waals surface area contributed by atoms with E-state index in [2.05, 4.69) is 70.2 Å². The summed E-state index contributed by atoms with van der Waals surface area (Å²) in [4.78, 5) is 0. The van der Waals surface area contributed by atoms with Gasteiger partial charge in [0.15, 0.2) is 5.16 Å². The lowest BCUT2D eigenvalue weighted by Gasteiger charge is -2.05. The lowest BCUT2D eigenvalue weighted by Crippen LogP contribution is -2.00. The fraction of sp³-hybridized carbons (Fsp3) is 0.222. The Labute approximate surface area is 135 Å². The SMILES string of the molecule is Cc1cccc(CSc2nnc(Cc3ccccc3)n2C)c1. The summed E-state index contributed by atoms with van der Waals surface area (Å²) in [5.41, 5.74) is 3.87. The number of hydrogen-bond acceptors (Lipinski definition) is 3. The lowest BCUT2D eigenvalue weighted by molar-refractivity contribution is 0.749. The molecule has 3 aromatic rings. The average Bonchev–Trinajstić information content (AvgIpc) is 2.87. The van der Waals surface area contributed by atoms with E-state index in [-0.39, 0.29) is 0 Å². The van der Waals surface area contributed by atoms with E-state index in [1.807, 2.05) is 13.1 Å². The maximum atomic E-state index is 4.33. The normalized spacial score (nSPS) is 10.8. The molecule has 0 aliphatic carbocycles. The second kappa shape index (κ2) is 6.79. The van der Waals surface area contributed by atoms with E-state index in [0.29, 0.717) is 0 Å². The summed E-state index contributed by atoms with van der Waals surface area (Å²) in [6, 6.07) is 19.0.